The van der Waals surface area contributed by atoms with E-state index in [9.17, 15) is 13.2 Å². The van der Waals surface area contributed by atoms with Gasteiger partial charge in [0, 0.05) is 6.54 Å². The number of aryl methyl sites for hydroxylation is 1. The minimum absolute atomic E-state index is 0.0959. The molecule has 0 aromatic heterocycles. The fraction of sp³-hybridized carbons (Fsp3) is 0.350. The first-order chi connectivity index (χ1) is 12.4. The first kappa shape index (κ1) is 20.1. The van der Waals surface area contributed by atoms with E-state index in [-0.39, 0.29) is 18.0 Å². The molecule has 0 aliphatic rings. The second kappa shape index (κ2) is 8.96. The van der Waals surface area contributed by atoms with Gasteiger partial charge in [-0.2, -0.15) is 4.31 Å². The van der Waals surface area contributed by atoms with Crippen molar-refractivity contribution in [1.82, 2.24) is 4.31 Å². The molecule has 0 amide bonds. The normalized spacial score (nSPS) is 12.8. The Morgan fingerprint density at radius 3 is 2.15 bits per heavy atom. The molecule has 26 heavy (non-hydrogen) atoms. The quantitative estimate of drug-likeness (QED) is 0.664. The first-order valence-electron chi connectivity index (χ1n) is 8.71. The number of benzene rings is 2. The van der Waals surface area contributed by atoms with Crippen LogP contribution < -0.4 is 0 Å². The zero-order chi connectivity index (χ0) is 19.2. The van der Waals surface area contributed by atoms with Crippen molar-refractivity contribution in [3.63, 3.8) is 0 Å². The lowest BCUT2D eigenvalue weighted by atomic mass is 10.2. The van der Waals surface area contributed by atoms with Crippen LogP contribution >= 0.6 is 0 Å². The predicted octanol–water partition coefficient (Wildman–Crippen LogP) is 3.39. The van der Waals surface area contributed by atoms with Crippen molar-refractivity contribution >= 4 is 16.0 Å². The summed E-state index contributed by atoms with van der Waals surface area (Å²) in [6, 6.07) is 15.0. The summed E-state index contributed by atoms with van der Waals surface area (Å²) in [5.74, 6) is -0.558. The molecule has 6 heteroatoms. The minimum atomic E-state index is -3.85. The topological polar surface area (TPSA) is 63.7 Å². The molecular weight excluding hydrogens is 350 g/mol. The molecule has 0 fully saturated rings. The largest absolute Gasteiger partial charge is 0.465 e. The van der Waals surface area contributed by atoms with Crippen LogP contribution in [-0.4, -0.2) is 31.3 Å². The van der Waals surface area contributed by atoms with Crippen molar-refractivity contribution in [3.05, 3.63) is 65.7 Å². The third-order valence-corrected chi connectivity index (χ3v) is 6.11. The molecule has 2 aromatic carbocycles. The van der Waals surface area contributed by atoms with E-state index in [1.54, 1.807) is 38.1 Å². The summed E-state index contributed by atoms with van der Waals surface area (Å²) in [5, 5.41) is 0. The highest BCUT2D eigenvalue weighted by Crippen LogP contribution is 2.22. The monoisotopic (exact) mass is 375 g/mol. The summed E-state index contributed by atoms with van der Waals surface area (Å²) in [7, 11) is -3.85. The summed E-state index contributed by atoms with van der Waals surface area (Å²) >= 11 is 0. The van der Waals surface area contributed by atoms with Gasteiger partial charge in [-0.25, -0.2) is 8.42 Å². The molecule has 0 saturated carbocycles. The van der Waals surface area contributed by atoms with Gasteiger partial charge < -0.3 is 4.74 Å². The van der Waals surface area contributed by atoms with Gasteiger partial charge >= 0.3 is 5.97 Å². The summed E-state index contributed by atoms with van der Waals surface area (Å²) in [5.41, 5.74) is 1.86. The number of carbonyl (C=O) groups excluding carboxylic acids is 1. The zero-order valence-electron chi connectivity index (χ0n) is 15.4. The van der Waals surface area contributed by atoms with Gasteiger partial charge in [-0.05, 0) is 43.5 Å². The summed E-state index contributed by atoms with van der Waals surface area (Å²) in [6.45, 7) is 5.56. The molecule has 0 N–H and O–H groups in total. The van der Waals surface area contributed by atoms with E-state index >= 15 is 0 Å². The van der Waals surface area contributed by atoms with Crippen LogP contribution in [0.3, 0.4) is 0 Å². The van der Waals surface area contributed by atoms with E-state index in [1.807, 2.05) is 37.3 Å². The lowest BCUT2D eigenvalue weighted by molar-refractivity contribution is -0.147. The Kier molecular flexibility index (Phi) is 6.94. The number of sulfonamides is 1. The number of esters is 1. The number of carbonyl (C=O) groups is 1. The highest BCUT2D eigenvalue weighted by Gasteiger charge is 2.33. The van der Waals surface area contributed by atoms with Gasteiger partial charge in [-0.1, -0.05) is 49.4 Å². The summed E-state index contributed by atoms with van der Waals surface area (Å²) in [4.78, 5) is 12.4. The molecule has 0 heterocycles. The van der Waals surface area contributed by atoms with Gasteiger partial charge in [-0.15, -0.1) is 0 Å². The smallest absolute Gasteiger partial charge is 0.324 e. The maximum Gasteiger partial charge on any atom is 0.324 e. The zero-order valence-corrected chi connectivity index (χ0v) is 16.2. The Bertz CT molecular complexity index is 817. The number of nitrogens with zero attached hydrogens (tertiary/aromatic N) is 1. The number of hydrogen-bond donors (Lipinski definition) is 0. The van der Waals surface area contributed by atoms with E-state index in [1.165, 1.54) is 4.31 Å². The van der Waals surface area contributed by atoms with Crippen LogP contribution in [0.25, 0.3) is 0 Å². The van der Waals surface area contributed by atoms with Gasteiger partial charge in [0.1, 0.15) is 6.04 Å². The van der Waals surface area contributed by atoms with Gasteiger partial charge in [0.05, 0.1) is 11.5 Å². The van der Waals surface area contributed by atoms with Gasteiger partial charge in [0.2, 0.25) is 10.0 Å². The average Bonchev–Trinajstić information content (AvgIpc) is 2.66. The summed E-state index contributed by atoms with van der Waals surface area (Å²) < 4.78 is 32.6. The molecule has 2 aromatic rings. The van der Waals surface area contributed by atoms with Crippen LogP contribution in [-0.2, 0) is 32.5 Å². The molecule has 0 saturated heterocycles. The van der Waals surface area contributed by atoms with Crippen LogP contribution in [0.2, 0.25) is 0 Å². The van der Waals surface area contributed by atoms with Crippen molar-refractivity contribution in [3.8, 4) is 0 Å². The van der Waals surface area contributed by atoms with Crippen molar-refractivity contribution in [2.75, 3.05) is 6.61 Å². The fourth-order valence-electron chi connectivity index (χ4n) is 2.61. The van der Waals surface area contributed by atoms with Gasteiger partial charge in [0.25, 0.3) is 0 Å². The van der Waals surface area contributed by atoms with Crippen LogP contribution in [0, 0.1) is 0 Å². The highest BCUT2D eigenvalue weighted by molar-refractivity contribution is 7.89. The molecule has 0 aliphatic heterocycles. The molecular formula is C20H25NO4S. The average molecular weight is 375 g/mol. The third kappa shape index (κ3) is 4.71. The Morgan fingerprint density at radius 2 is 1.62 bits per heavy atom. The molecule has 140 valence electrons. The Morgan fingerprint density at radius 1 is 1.00 bits per heavy atom. The third-order valence-electron chi connectivity index (χ3n) is 4.18. The molecule has 1 atom stereocenters. The minimum Gasteiger partial charge on any atom is -0.465 e. The Labute approximate surface area is 155 Å². The van der Waals surface area contributed by atoms with Crippen LogP contribution in [0.15, 0.2) is 59.5 Å². The number of rotatable bonds is 8. The molecule has 0 aliphatic carbocycles. The van der Waals surface area contributed by atoms with Gasteiger partial charge in [0.15, 0.2) is 0 Å². The van der Waals surface area contributed by atoms with E-state index < -0.39 is 22.0 Å². The second-order valence-electron chi connectivity index (χ2n) is 5.96. The standard InChI is InChI=1S/C20H25NO4S/c1-4-17-11-13-19(14-12-17)26(23,24)21(16(3)20(22)25-5-2)15-18-9-7-6-8-10-18/h6-14,16H,4-5,15H2,1-3H3. The first-order valence-corrected chi connectivity index (χ1v) is 10.2. The van der Waals surface area contributed by atoms with Crippen molar-refractivity contribution in [1.29, 1.82) is 0 Å². The number of hydrogen-bond acceptors (Lipinski definition) is 4. The molecule has 2 rings (SSSR count). The van der Waals surface area contributed by atoms with Crippen LogP contribution in [0.1, 0.15) is 31.9 Å². The Hall–Kier alpha value is -2.18. The van der Waals surface area contributed by atoms with Crippen molar-refractivity contribution < 1.29 is 17.9 Å². The number of ether oxygens (including phenoxy) is 1. The van der Waals surface area contributed by atoms with Crippen molar-refractivity contribution in [2.45, 2.75) is 44.7 Å². The molecule has 0 spiro atoms. The highest BCUT2D eigenvalue weighted by atomic mass is 32.2. The summed E-state index contributed by atoms with van der Waals surface area (Å²) in [6.07, 6.45) is 0.827. The maximum absolute atomic E-state index is 13.2. The van der Waals surface area contributed by atoms with Crippen LogP contribution in [0.5, 0.6) is 0 Å². The Balaban J connectivity index is 2.41. The molecule has 0 bridgehead atoms. The predicted molar refractivity (Wildman–Crippen MR) is 101 cm³/mol. The molecule has 1 unspecified atom stereocenters. The van der Waals surface area contributed by atoms with E-state index in [0.29, 0.717) is 0 Å². The van der Waals surface area contributed by atoms with Crippen LogP contribution in [0.4, 0.5) is 0 Å². The van der Waals surface area contributed by atoms with Gasteiger partial charge in [-0.3, -0.25) is 4.79 Å². The van der Waals surface area contributed by atoms with E-state index in [2.05, 4.69) is 0 Å². The fourth-order valence-corrected chi connectivity index (χ4v) is 4.18. The maximum atomic E-state index is 13.2. The second-order valence-corrected chi connectivity index (χ2v) is 7.85. The van der Waals surface area contributed by atoms with Crippen molar-refractivity contribution in [2.24, 2.45) is 0 Å². The molecule has 0 radical (unpaired) electrons. The lowest BCUT2D eigenvalue weighted by Gasteiger charge is -2.27. The molecule has 5 nitrogen and oxygen atoms in total. The van der Waals surface area contributed by atoms with E-state index in [0.717, 1.165) is 17.5 Å². The lowest BCUT2D eigenvalue weighted by Crippen LogP contribution is -2.43. The van der Waals surface area contributed by atoms with E-state index in [4.69, 9.17) is 4.74 Å². The SMILES string of the molecule is CCOC(=O)C(C)N(Cc1ccccc1)S(=O)(=O)c1ccc(CC)cc1.